The lowest BCUT2D eigenvalue weighted by Gasteiger charge is -2.14. The number of aryl methyl sites for hydroxylation is 3. The molecule has 0 unspecified atom stereocenters. The van der Waals surface area contributed by atoms with Gasteiger partial charge in [-0.05, 0) is 210 Å². The van der Waals surface area contributed by atoms with E-state index >= 15 is 0 Å². The smallest absolute Gasteiger partial charge is 0.255 e. The summed E-state index contributed by atoms with van der Waals surface area (Å²) in [5, 5.41) is 8.71. The van der Waals surface area contributed by atoms with Crippen LogP contribution < -0.4 is 47.4 Å². The van der Waals surface area contributed by atoms with Crippen LogP contribution in [0.2, 0.25) is 5.02 Å². The van der Waals surface area contributed by atoms with Crippen LogP contribution in [0.1, 0.15) is 47.8 Å². The van der Waals surface area contributed by atoms with Gasteiger partial charge in [-0.15, -0.1) is 0 Å². The van der Waals surface area contributed by atoms with Crippen LogP contribution in [0, 0.1) is 49.9 Å². The second kappa shape index (κ2) is 34.9. The highest BCUT2D eigenvalue weighted by Crippen LogP contribution is 2.37. The third-order valence-electron chi connectivity index (χ3n) is 16.0. The minimum atomic E-state index is -0.549. The number of anilines is 3. The molecule has 12 rings (SSSR count). The van der Waals surface area contributed by atoms with Crippen molar-refractivity contribution in [2.24, 2.45) is 17.2 Å². The van der Waals surface area contributed by atoms with Crippen molar-refractivity contribution >= 4 is 46.4 Å². The highest BCUT2D eigenvalue weighted by molar-refractivity contribution is 6.30. The van der Waals surface area contributed by atoms with E-state index < -0.39 is 5.82 Å². The van der Waals surface area contributed by atoms with Gasteiger partial charge in [-0.1, -0.05) is 132 Å². The Morgan fingerprint density at radius 2 is 0.657 bits per heavy atom. The number of nitrogens with two attached hydrogens (primary N) is 3. The highest BCUT2D eigenvalue weighted by Gasteiger charge is 2.19. The first-order chi connectivity index (χ1) is 49.3. The first-order valence-corrected chi connectivity index (χ1v) is 32.9. The van der Waals surface area contributed by atoms with Crippen LogP contribution in [0.5, 0.6) is 17.2 Å². The summed E-state index contributed by atoms with van der Waals surface area (Å²) in [7, 11) is 0. The third-order valence-corrected chi connectivity index (χ3v) is 16.3. The lowest BCUT2D eigenvalue weighted by atomic mass is 10.0. The molecule has 0 atom stereocenters. The summed E-state index contributed by atoms with van der Waals surface area (Å²) in [4.78, 5) is 39.1. The number of hydrogen-bond donors (Lipinski definition) is 6. The Morgan fingerprint density at radius 3 is 1.03 bits per heavy atom. The summed E-state index contributed by atoms with van der Waals surface area (Å²) < 4.78 is 87.0. The largest absolute Gasteiger partial charge is 0.492 e. The van der Waals surface area contributed by atoms with Crippen LogP contribution in [-0.2, 0) is 0 Å². The average Bonchev–Trinajstić information content (AvgIpc) is 0.824. The number of carbonyl (C=O) groups is 3. The molecule has 12 nitrogen and oxygen atoms in total. The molecule has 0 aromatic heterocycles. The molecule has 0 heterocycles. The SMILES string of the molecule is Cc1ccc(-c2cccc(NC(=O)c3ccc(OCCN)c(-c4ccc(Cl)c(F)c4)c3)c2)cc1.Cc1ccc(-c2cccc(NC(=O)c3ccc(OCCN)c(-c4ccc(F)cc4)c3)c2)c(F)c1.Cc1ccc(-c2cccc(NC(=O)c3ccc(OCCN)c(-c4ccc(F)cc4)c3)c2)c(F)c1. The molecular formula is C84H72ClF5N6O6. The van der Waals surface area contributed by atoms with E-state index in [0.717, 1.165) is 22.3 Å². The molecule has 0 aliphatic heterocycles. The zero-order valence-electron chi connectivity index (χ0n) is 55.9. The molecule has 0 spiro atoms. The van der Waals surface area contributed by atoms with Crippen LogP contribution in [0.25, 0.3) is 66.8 Å². The monoisotopic (exact) mass is 1390 g/mol. The van der Waals surface area contributed by atoms with E-state index in [1.54, 1.807) is 146 Å². The normalized spacial score (nSPS) is 10.7. The zero-order chi connectivity index (χ0) is 72.2. The van der Waals surface area contributed by atoms with Gasteiger partial charge >= 0.3 is 0 Å². The maximum atomic E-state index is 14.4. The Kier molecular flexibility index (Phi) is 24.9. The molecule has 0 fully saturated rings. The molecule has 0 aliphatic carbocycles. The van der Waals surface area contributed by atoms with Gasteiger partial charge in [0.05, 0.1) is 5.02 Å². The van der Waals surface area contributed by atoms with Crippen LogP contribution >= 0.6 is 11.6 Å². The average molecular weight is 1390 g/mol. The highest BCUT2D eigenvalue weighted by atomic mass is 35.5. The minimum Gasteiger partial charge on any atom is -0.492 e. The van der Waals surface area contributed by atoms with Crippen molar-refractivity contribution in [3.8, 4) is 84.0 Å². The minimum absolute atomic E-state index is 0.0236. The number of amides is 3. The van der Waals surface area contributed by atoms with Crippen molar-refractivity contribution in [3.05, 3.63) is 322 Å². The number of rotatable bonds is 21. The maximum absolute atomic E-state index is 14.4. The van der Waals surface area contributed by atoms with Crippen LogP contribution in [-0.4, -0.2) is 57.2 Å². The molecule has 18 heteroatoms. The van der Waals surface area contributed by atoms with Crippen LogP contribution in [0.4, 0.5) is 39.0 Å². The van der Waals surface area contributed by atoms with Gasteiger partial charge in [0.15, 0.2) is 0 Å². The van der Waals surface area contributed by atoms with Gasteiger partial charge in [0.25, 0.3) is 17.7 Å². The Hall–Kier alpha value is -11.7. The van der Waals surface area contributed by atoms with Crippen molar-refractivity contribution in [2.45, 2.75) is 20.8 Å². The van der Waals surface area contributed by atoms with E-state index in [4.69, 9.17) is 43.0 Å². The lowest BCUT2D eigenvalue weighted by Crippen LogP contribution is -2.13. The fourth-order valence-corrected chi connectivity index (χ4v) is 11.0. The second-order valence-electron chi connectivity index (χ2n) is 23.6. The molecule has 3 amide bonds. The summed E-state index contributed by atoms with van der Waals surface area (Å²) in [6.45, 7) is 7.61. The van der Waals surface area contributed by atoms with Gasteiger partial charge in [0.2, 0.25) is 0 Å². The van der Waals surface area contributed by atoms with Crippen LogP contribution in [0.15, 0.2) is 255 Å². The Labute approximate surface area is 593 Å². The fourth-order valence-electron chi connectivity index (χ4n) is 10.9. The van der Waals surface area contributed by atoms with E-state index in [2.05, 4.69) is 28.1 Å². The number of nitrogens with one attached hydrogen (secondary N) is 3. The number of halogens is 6. The lowest BCUT2D eigenvalue weighted by molar-refractivity contribution is 0.101. The molecule has 516 valence electrons. The molecule has 9 N–H and O–H groups in total. The topological polar surface area (TPSA) is 193 Å². The summed E-state index contributed by atoms with van der Waals surface area (Å²) in [6.07, 6.45) is 0. The number of benzene rings is 12. The standard InChI is InChI=1S/C28H24ClFN2O2.2C28H24F2N2O2/c1-18-5-7-19(8-6-18)20-3-2-4-23(15-20)32-28(33)22-10-12-27(34-14-13-31)24(16-22)21-9-11-25(29)26(30)17-21;2*1-18-5-11-24(26(30)15-18)20-3-2-4-23(16-20)32-28(33)21-8-12-27(34-14-13-31)25(17-21)19-6-9-22(29)10-7-19/h3*2-12,15-17H,13-14,31H2,1H3,(H,32,33). The molecule has 12 aromatic rings. The van der Waals surface area contributed by atoms with E-state index in [9.17, 15) is 36.3 Å². The molecule has 0 saturated carbocycles. The first kappa shape index (κ1) is 73.0. The Bertz CT molecular complexity index is 4740. The molecule has 12 aromatic carbocycles. The van der Waals surface area contributed by atoms with Gasteiger partial charge in [-0.25, -0.2) is 22.0 Å². The Balaban J connectivity index is 0.000000165. The molecule has 0 radical (unpaired) electrons. The quantitative estimate of drug-likeness (QED) is 0.0380. The molecule has 102 heavy (non-hydrogen) atoms. The Morgan fingerprint density at radius 1 is 0.324 bits per heavy atom. The fraction of sp³-hybridized carbons (Fsp3) is 0.107. The summed E-state index contributed by atoms with van der Waals surface area (Å²) >= 11 is 5.84. The van der Waals surface area contributed by atoms with Gasteiger partial charge in [-0.2, -0.15) is 0 Å². The van der Waals surface area contributed by atoms with Crippen molar-refractivity contribution in [2.75, 3.05) is 55.4 Å². The molecule has 0 aliphatic rings. The van der Waals surface area contributed by atoms with Crippen molar-refractivity contribution < 1.29 is 50.5 Å². The van der Waals surface area contributed by atoms with Crippen LogP contribution in [0.3, 0.4) is 0 Å². The van der Waals surface area contributed by atoms with E-state index in [0.29, 0.717) is 146 Å². The number of hydrogen-bond acceptors (Lipinski definition) is 9. The predicted molar refractivity (Wildman–Crippen MR) is 398 cm³/mol. The van der Waals surface area contributed by atoms with Crippen molar-refractivity contribution in [3.63, 3.8) is 0 Å². The molecule has 0 saturated heterocycles. The van der Waals surface area contributed by atoms with E-state index in [-0.39, 0.29) is 46.0 Å². The van der Waals surface area contributed by atoms with Crippen molar-refractivity contribution in [1.82, 2.24) is 0 Å². The van der Waals surface area contributed by atoms with Crippen molar-refractivity contribution in [1.29, 1.82) is 0 Å². The zero-order valence-corrected chi connectivity index (χ0v) is 56.7. The number of carbonyl (C=O) groups excluding carboxylic acids is 3. The third kappa shape index (κ3) is 19.4. The molecular weight excluding hydrogens is 1320 g/mol. The molecule has 0 bridgehead atoms. The first-order valence-electron chi connectivity index (χ1n) is 32.6. The summed E-state index contributed by atoms with van der Waals surface area (Å²) in [5.41, 5.74) is 30.6. The van der Waals surface area contributed by atoms with E-state index in [1.165, 1.54) is 54.1 Å². The van der Waals surface area contributed by atoms with Gasteiger partial charge in [0.1, 0.15) is 66.2 Å². The van der Waals surface area contributed by atoms with Gasteiger partial charge in [-0.3, -0.25) is 14.4 Å². The summed E-state index contributed by atoms with van der Waals surface area (Å²) in [6, 6.07) is 71.5. The maximum Gasteiger partial charge on any atom is 0.255 e. The van der Waals surface area contributed by atoms with E-state index in [1.807, 2.05) is 69.3 Å². The second-order valence-corrected chi connectivity index (χ2v) is 24.0. The number of ether oxygens (including phenoxy) is 3. The predicted octanol–water partition coefficient (Wildman–Crippen LogP) is 19.1. The van der Waals surface area contributed by atoms with Gasteiger partial charge in [0, 0.05) is 81.2 Å². The van der Waals surface area contributed by atoms with Gasteiger partial charge < -0.3 is 47.4 Å². The summed E-state index contributed by atoms with van der Waals surface area (Å²) in [5.74, 6) is -1.26.